The maximum atomic E-state index is 4.94. The van der Waals surface area contributed by atoms with E-state index in [1.807, 2.05) is 36.5 Å². The second kappa shape index (κ2) is 8.61. The molecule has 4 rings (SSSR count). The number of benzene rings is 2. The molecule has 161 valence electrons. The summed E-state index contributed by atoms with van der Waals surface area (Å²) in [7, 11) is 0. The number of hydrogen-bond acceptors (Lipinski definition) is 3. The molecule has 2 aromatic carbocycles. The molecule has 0 N–H and O–H groups in total. The van der Waals surface area contributed by atoms with Gasteiger partial charge in [0.15, 0.2) is 0 Å². The molecule has 1 radical (unpaired) electrons. The van der Waals surface area contributed by atoms with Crippen molar-refractivity contribution in [3.05, 3.63) is 78.2 Å². The van der Waals surface area contributed by atoms with Crippen molar-refractivity contribution in [1.29, 1.82) is 0 Å². The molecule has 2 heterocycles. The van der Waals surface area contributed by atoms with Crippen molar-refractivity contribution in [3.8, 4) is 22.6 Å². The molecule has 4 aromatic rings. The van der Waals surface area contributed by atoms with E-state index in [0.717, 1.165) is 39.4 Å². The molecule has 0 aliphatic rings. The summed E-state index contributed by atoms with van der Waals surface area (Å²) in [4.78, 5) is 14.5. The Morgan fingerprint density at radius 3 is 2.06 bits per heavy atom. The summed E-state index contributed by atoms with van der Waals surface area (Å²) in [5, 5.41) is 2.29. The predicted molar refractivity (Wildman–Crippen MR) is 124 cm³/mol. The summed E-state index contributed by atoms with van der Waals surface area (Å²) in [6, 6.07) is 21.9. The van der Waals surface area contributed by atoms with Gasteiger partial charge in [0.25, 0.3) is 0 Å². The van der Waals surface area contributed by atoms with Gasteiger partial charge in [0.1, 0.15) is 5.82 Å². The fourth-order valence-corrected chi connectivity index (χ4v) is 3.42. The summed E-state index contributed by atoms with van der Waals surface area (Å²) in [5.74, 6) is 0.753. The Balaban J connectivity index is 0.00000272. The van der Waals surface area contributed by atoms with Gasteiger partial charge in [-0.25, -0.2) is 9.97 Å². The second-order valence-electron chi connectivity index (χ2n) is 9.83. The van der Waals surface area contributed by atoms with Crippen molar-refractivity contribution in [2.45, 2.75) is 52.4 Å². The minimum atomic E-state index is -0.0569. The van der Waals surface area contributed by atoms with Crippen molar-refractivity contribution >= 4 is 10.8 Å². The van der Waals surface area contributed by atoms with Crippen LogP contribution in [0.5, 0.6) is 0 Å². The fourth-order valence-electron chi connectivity index (χ4n) is 3.42. The van der Waals surface area contributed by atoms with Gasteiger partial charge in [0, 0.05) is 37.1 Å². The van der Waals surface area contributed by atoms with Crippen LogP contribution in [0.1, 0.15) is 52.9 Å². The zero-order valence-corrected chi connectivity index (χ0v) is 21.3. The molecule has 31 heavy (non-hydrogen) atoms. The Morgan fingerprint density at radius 1 is 0.774 bits per heavy atom. The zero-order chi connectivity index (χ0) is 21.5. The summed E-state index contributed by atoms with van der Waals surface area (Å²) in [6.07, 6.45) is 1.85. The minimum Gasteiger partial charge on any atom is -0.304 e. The van der Waals surface area contributed by atoms with Gasteiger partial charge in [-0.1, -0.05) is 71.4 Å². The van der Waals surface area contributed by atoms with Crippen molar-refractivity contribution in [3.63, 3.8) is 0 Å². The molecule has 0 saturated heterocycles. The van der Waals surface area contributed by atoms with Gasteiger partial charge in [-0.3, -0.25) is 0 Å². The van der Waals surface area contributed by atoms with E-state index in [9.17, 15) is 0 Å². The van der Waals surface area contributed by atoms with Crippen LogP contribution in [0.25, 0.3) is 33.4 Å². The molecule has 0 bridgehead atoms. The standard InChI is InChI=1S/C27H28N3.Ir/c1-26(2,3)22-17-23(27(4,5)6)30-25(29-22)20-12-9-11-19(16-20)24-21-13-8-7-10-18(21)14-15-28-24;/h7-10,12-17H,1-6H3;/q-1;. The first-order valence-corrected chi connectivity index (χ1v) is 10.4. The van der Waals surface area contributed by atoms with Gasteiger partial charge in [-0.15, -0.1) is 29.8 Å². The average molecular weight is 587 g/mol. The molecule has 0 aliphatic heterocycles. The quantitative estimate of drug-likeness (QED) is 0.244. The smallest absolute Gasteiger partial charge is 0.141 e. The predicted octanol–water partition coefficient (Wildman–Crippen LogP) is 6.75. The van der Waals surface area contributed by atoms with Crippen LogP contribution >= 0.6 is 0 Å². The van der Waals surface area contributed by atoms with E-state index < -0.39 is 0 Å². The number of hydrogen-bond donors (Lipinski definition) is 0. The first-order valence-electron chi connectivity index (χ1n) is 10.4. The average Bonchev–Trinajstić information content (AvgIpc) is 2.72. The van der Waals surface area contributed by atoms with Gasteiger partial charge in [-0.05, 0) is 28.6 Å². The number of nitrogens with zero attached hydrogens (tertiary/aromatic N) is 3. The summed E-state index contributed by atoms with van der Waals surface area (Å²) in [6.45, 7) is 13.1. The van der Waals surface area contributed by atoms with E-state index in [4.69, 9.17) is 9.97 Å². The van der Waals surface area contributed by atoms with E-state index in [-0.39, 0.29) is 30.9 Å². The molecule has 2 aromatic heterocycles. The first-order chi connectivity index (χ1) is 14.1. The molecular weight excluding hydrogens is 559 g/mol. The van der Waals surface area contributed by atoms with Crippen LogP contribution in [0, 0.1) is 6.07 Å². The number of pyridine rings is 1. The fraction of sp³-hybridized carbons (Fsp3) is 0.296. The third-order valence-electron chi connectivity index (χ3n) is 5.25. The third kappa shape index (κ3) is 4.92. The van der Waals surface area contributed by atoms with E-state index in [1.165, 1.54) is 5.39 Å². The molecule has 0 amide bonds. The van der Waals surface area contributed by atoms with Gasteiger partial charge in [0.2, 0.25) is 0 Å². The zero-order valence-electron chi connectivity index (χ0n) is 18.9. The topological polar surface area (TPSA) is 38.7 Å². The van der Waals surface area contributed by atoms with Crippen LogP contribution in [0.2, 0.25) is 0 Å². The van der Waals surface area contributed by atoms with Crippen LogP contribution in [-0.2, 0) is 30.9 Å². The van der Waals surface area contributed by atoms with Gasteiger partial charge in [-0.2, -0.15) is 0 Å². The molecule has 0 saturated carbocycles. The van der Waals surface area contributed by atoms with Crippen molar-refractivity contribution < 1.29 is 20.1 Å². The largest absolute Gasteiger partial charge is 0.304 e. The van der Waals surface area contributed by atoms with E-state index in [1.54, 1.807) is 0 Å². The Labute approximate surface area is 198 Å². The summed E-state index contributed by atoms with van der Waals surface area (Å²) in [5.41, 5.74) is 4.85. The van der Waals surface area contributed by atoms with Crippen LogP contribution < -0.4 is 0 Å². The maximum absolute atomic E-state index is 4.94. The molecule has 4 heteroatoms. The molecule has 0 aliphatic carbocycles. The van der Waals surface area contributed by atoms with E-state index >= 15 is 0 Å². The third-order valence-corrected chi connectivity index (χ3v) is 5.25. The Hall–Kier alpha value is -2.42. The SMILES string of the molecule is CC(C)(C)c1cc(C(C)(C)C)nc(-c2cc[c-]c(-c3nccc4ccccc34)c2)n1.[Ir]. The molecular formula is C27H28IrN3-. The number of aromatic nitrogens is 3. The minimum absolute atomic E-state index is 0. The molecule has 0 unspecified atom stereocenters. The second-order valence-corrected chi connectivity index (χ2v) is 9.83. The van der Waals surface area contributed by atoms with Gasteiger partial charge >= 0.3 is 0 Å². The van der Waals surface area contributed by atoms with Crippen LogP contribution in [0.4, 0.5) is 0 Å². The van der Waals surface area contributed by atoms with E-state index in [0.29, 0.717) is 0 Å². The van der Waals surface area contributed by atoms with Gasteiger partial charge in [0.05, 0.1) is 11.4 Å². The Morgan fingerprint density at radius 2 is 1.42 bits per heavy atom. The number of fused-ring (bicyclic) bond motifs is 1. The Kier molecular flexibility index (Phi) is 6.45. The van der Waals surface area contributed by atoms with Crippen LogP contribution in [0.15, 0.2) is 60.8 Å². The Bertz CT molecular complexity index is 1180. The normalized spacial score (nSPS) is 11.9. The summed E-state index contributed by atoms with van der Waals surface area (Å²) < 4.78 is 0. The maximum Gasteiger partial charge on any atom is 0.141 e. The van der Waals surface area contributed by atoms with Crippen molar-refractivity contribution in [1.82, 2.24) is 15.0 Å². The first kappa shape index (κ1) is 23.2. The summed E-state index contributed by atoms with van der Waals surface area (Å²) >= 11 is 0. The van der Waals surface area contributed by atoms with Crippen molar-refractivity contribution in [2.24, 2.45) is 0 Å². The van der Waals surface area contributed by atoms with Crippen LogP contribution in [0.3, 0.4) is 0 Å². The molecule has 3 nitrogen and oxygen atoms in total. The monoisotopic (exact) mass is 587 g/mol. The van der Waals surface area contributed by atoms with Gasteiger partial charge < -0.3 is 4.98 Å². The van der Waals surface area contributed by atoms with E-state index in [2.05, 4.69) is 76.9 Å². The molecule has 0 fully saturated rings. The van der Waals surface area contributed by atoms with Crippen LogP contribution in [-0.4, -0.2) is 15.0 Å². The molecule has 0 spiro atoms. The number of rotatable bonds is 2. The van der Waals surface area contributed by atoms with Crippen molar-refractivity contribution in [2.75, 3.05) is 0 Å². The molecule has 0 atom stereocenters.